The molecule has 3 heteroatoms. The fraction of sp³-hybridized carbons (Fsp3) is 0.300. The van der Waals surface area contributed by atoms with E-state index in [0.29, 0.717) is 6.42 Å². The monoisotopic (exact) mass is 198 g/mol. The summed E-state index contributed by atoms with van der Waals surface area (Å²) in [5.41, 5.74) is 1.01. The largest absolute Gasteiger partial charge is 0.481 e. The van der Waals surface area contributed by atoms with Crippen LogP contribution in [0.25, 0.3) is 0 Å². The van der Waals surface area contributed by atoms with Crippen molar-refractivity contribution in [3.8, 4) is 0 Å². The first-order chi connectivity index (χ1) is 6.24. The second kappa shape index (κ2) is 4.87. The van der Waals surface area contributed by atoms with Gasteiger partial charge in [0.2, 0.25) is 0 Å². The highest BCUT2D eigenvalue weighted by Crippen LogP contribution is 2.10. The van der Waals surface area contributed by atoms with Gasteiger partial charge in [0.1, 0.15) is 0 Å². The minimum absolute atomic E-state index is 0.157. The number of carboxylic acids is 1. The van der Waals surface area contributed by atoms with Crippen LogP contribution in [0, 0.1) is 5.92 Å². The number of carboxylic acid groups (broad SMARTS) is 1. The molecule has 1 N–H and O–H groups in total. The van der Waals surface area contributed by atoms with Gasteiger partial charge in [0.15, 0.2) is 0 Å². The maximum absolute atomic E-state index is 10.7. The SMILES string of the molecule is O=C(O)[C@@H](CCl)Cc1ccccc1. The topological polar surface area (TPSA) is 37.3 Å². The molecule has 0 amide bonds. The molecule has 0 aliphatic heterocycles. The number of rotatable bonds is 4. The Morgan fingerprint density at radius 3 is 2.46 bits per heavy atom. The highest BCUT2D eigenvalue weighted by Gasteiger charge is 2.15. The van der Waals surface area contributed by atoms with Crippen molar-refractivity contribution in [2.45, 2.75) is 6.42 Å². The van der Waals surface area contributed by atoms with Gasteiger partial charge in [0.25, 0.3) is 0 Å². The Morgan fingerprint density at radius 1 is 1.38 bits per heavy atom. The molecule has 70 valence electrons. The second-order valence-electron chi connectivity index (χ2n) is 2.88. The third-order valence-corrected chi connectivity index (χ3v) is 2.23. The van der Waals surface area contributed by atoms with Crippen molar-refractivity contribution >= 4 is 17.6 Å². The molecule has 1 aromatic rings. The van der Waals surface area contributed by atoms with E-state index in [1.54, 1.807) is 0 Å². The van der Waals surface area contributed by atoms with E-state index in [0.717, 1.165) is 5.56 Å². The van der Waals surface area contributed by atoms with Crippen molar-refractivity contribution in [1.29, 1.82) is 0 Å². The third kappa shape index (κ3) is 3.07. The van der Waals surface area contributed by atoms with Gasteiger partial charge in [-0.25, -0.2) is 0 Å². The number of halogens is 1. The van der Waals surface area contributed by atoms with Crippen molar-refractivity contribution in [2.24, 2.45) is 5.92 Å². The maximum Gasteiger partial charge on any atom is 0.308 e. The minimum Gasteiger partial charge on any atom is -0.481 e. The van der Waals surface area contributed by atoms with Gasteiger partial charge in [-0.05, 0) is 12.0 Å². The number of carbonyl (C=O) groups is 1. The van der Waals surface area contributed by atoms with E-state index in [1.165, 1.54) is 0 Å². The Labute approximate surface area is 82.2 Å². The molecule has 0 heterocycles. The van der Waals surface area contributed by atoms with Gasteiger partial charge in [-0.2, -0.15) is 0 Å². The standard InChI is InChI=1S/C10H11ClO2/c11-7-9(10(12)13)6-8-4-2-1-3-5-8/h1-5,9H,6-7H2,(H,12,13)/t9-/m1/s1. The number of aliphatic carboxylic acids is 1. The average molecular weight is 199 g/mol. The summed E-state index contributed by atoms with van der Waals surface area (Å²) >= 11 is 5.53. The summed E-state index contributed by atoms with van der Waals surface area (Å²) in [5.74, 6) is -1.16. The van der Waals surface area contributed by atoms with Crippen LogP contribution in [0.5, 0.6) is 0 Å². The summed E-state index contributed by atoms with van der Waals surface area (Å²) in [6.07, 6.45) is 0.500. The molecule has 0 unspecified atom stereocenters. The Hall–Kier alpha value is -1.02. The van der Waals surface area contributed by atoms with Crippen molar-refractivity contribution in [3.05, 3.63) is 35.9 Å². The fourth-order valence-electron chi connectivity index (χ4n) is 1.11. The van der Waals surface area contributed by atoms with Gasteiger partial charge in [-0.3, -0.25) is 4.79 Å². The highest BCUT2D eigenvalue weighted by atomic mass is 35.5. The Kier molecular flexibility index (Phi) is 3.77. The summed E-state index contributed by atoms with van der Waals surface area (Å²) in [4.78, 5) is 10.7. The van der Waals surface area contributed by atoms with Crippen LogP contribution < -0.4 is 0 Å². The molecule has 0 spiro atoms. The molecule has 0 radical (unpaired) electrons. The highest BCUT2D eigenvalue weighted by molar-refractivity contribution is 6.19. The molecule has 2 nitrogen and oxygen atoms in total. The molecule has 0 aliphatic carbocycles. The second-order valence-corrected chi connectivity index (χ2v) is 3.19. The molecular weight excluding hydrogens is 188 g/mol. The predicted octanol–water partition coefficient (Wildman–Crippen LogP) is 2.17. The van der Waals surface area contributed by atoms with Crippen molar-refractivity contribution in [1.82, 2.24) is 0 Å². The number of hydrogen-bond donors (Lipinski definition) is 1. The van der Waals surface area contributed by atoms with Crippen molar-refractivity contribution in [2.75, 3.05) is 5.88 Å². The van der Waals surface area contributed by atoms with Crippen LogP contribution in [-0.2, 0) is 11.2 Å². The van der Waals surface area contributed by atoms with Crippen LogP contribution in [0.2, 0.25) is 0 Å². The third-order valence-electron chi connectivity index (χ3n) is 1.86. The van der Waals surface area contributed by atoms with Gasteiger partial charge >= 0.3 is 5.97 Å². The first-order valence-corrected chi connectivity index (χ1v) is 4.60. The maximum atomic E-state index is 10.7. The van der Waals surface area contributed by atoms with E-state index in [4.69, 9.17) is 16.7 Å². The zero-order valence-corrected chi connectivity index (χ0v) is 7.87. The molecular formula is C10H11ClO2. The molecule has 0 fully saturated rings. The molecule has 1 atom stereocenters. The van der Waals surface area contributed by atoms with Crippen molar-refractivity contribution in [3.63, 3.8) is 0 Å². The van der Waals surface area contributed by atoms with Crippen LogP contribution in [-0.4, -0.2) is 17.0 Å². The summed E-state index contributed by atoms with van der Waals surface area (Å²) in [5, 5.41) is 8.75. The Morgan fingerprint density at radius 2 is 2.00 bits per heavy atom. The first kappa shape index (κ1) is 10.1. The quantitative estimate of drug-likeness (QED) is 0.753. The summed E-state index contributed by atoms with van der Waals surface area (Å²) in [6.45, 7) is 0. The summed E-state index contributed by atoms with van der Waals surface area (Å²) < 4.78 is 0. The zero-order valence-electron chi connectivity index (χ0n) is 7.11. The lowest BCUT2D eigenvalue weighted by Crippen LogP contribution is -2.17. The molecule has 1 rings (SSSR count). The van der Waals surface area contributed by atoms with Crippen LogP contribution in [0.1, 0.15) is 5.56 Å². The summed E-state index contributed by atoms with van der Waals surface area (Å²) in [7, 11) is 0. The zero-order chi connectivity index (χ0) is 9.68. The van der Waals surface area contributed by atoms with Gasteiger partial charge in [0, 0.05) is 5.88 Å². The van der Waals surface area contributed by atoms with E-state index >= 15 is 0 Å². The number of benzene rings is 1. The van der Waals surface area contributed by atoms with E-state index in [9.17, 15) is 4.79 Å². The van der Waals surface area contributed by atoms with E-state index < -0.39 is 11.9 Å². The lowest BCUT2D eigenvalue weighted by Gasteiger charge is -2.07. The van der Waals surface area contributed by atoms with Crippen LogP contribution in [0.3, 0.4) is 0 Å². The van der Waals surface area contributed by atoms with Gasteiger partial charge in [-0.1, -0.05) is 30.3 Å². The molecule has 13 heavy (non-hydrogen) atoms. The lowest BCUT2D eigenvalue weighted by atomic mass is 10.0. The van der Waals surface area contributed by atoms with Crippen LogP contribution >= 0.6 is 11.6 Å². The molecule has 0 aromatic heterocycles. The first-order valence-electron chi connectivity index (χ1n) is 4.06. The fourth-order valence-corrected chi connectivity index (χ4v) is 1.35. The van der Waals surface area contributed by atoms with Crippen molar-refractivity contribution < 1.29 is 9.90 Å². The number of hydrogen-bond acceptors (Lipinski definition) is 1. The molecule has 0 saturated carbocycles. The minimum atomic E-state index is -0.834. The molecule has 0 bridgehead atoms. The van der Waals surface area contributed by atoms with Gasteiger partial charge < -0.3 is 5.11 Å². The van der Waals surface area contributed by atoms with E-state index in [-0.39, 0.29) is 5.88 Å². The smallest absolute Gasteiger partial charge is 0.308 e. The van der Waals surface area contributed by atoms with E-state index in [1.807, 2.05) is 30.3 Å². The van der Waals surface area contributed by atoms with Crippen LogP contribution in [0.4, 0.5) is 0 Å². The Balaban J connectivity index is 2.62. The summed E-state index contributed by atoms with van der Waals surface area (Å²) in [6, 6.07) is 9.50. The predicted molar refractivity (Wildman–Crippen MR) is 52.0 cm³/mol. The normalized spacial score (nSPS) is 12.4. The molecule has 0 aliphatic rings. The lowest BCUT2D eigenvalue weighted by molar-refractivity contribution is -0.140. The van der Waals surface area contributed by atoms with Crippen LogP contribution in [0.15, 0.2) is 30.3 Å². The molecule has 0 saturated heterocycles. The van der Waals surface area contributed by atoms with Gasteiger partial charge in [-0.15, -0.1) is 11.6 Å². The number of alkyl halides is 1. The average Bonchev–Trinajstić information content (AvgIpc) is 2.15. The molecule has 1 aromatic carbocycles. The van der Waals surface area contributed by atoms with Gasteiger partial charge in [0.05, 0.1) is 5.92 Å². The van der Waals surface area contributed by atoms with E-state index in [2.05, 4.69) is 0 Å². The Bertz CT molecular complexity index is 272.